The van der Waals surface area contributed by atoms with Crippen LogP contribution in [0.1, 0.15) is 0 Å². The second kappa shape index (κ2) is 8.18. The standard InChI is InChI=1S/C13H22O12/c1-22-12(21)10-7(18)9(8(19)11(20)24-10)25-13-6(17)5(16)4(15)3(2-14)23-13/h3-11,13-20H,2H2,1H3/t3-,4-,5+,6-,7+,8-,9+,10+,11-,13+/m1/s1. The molecule has 0 unspecified atom stereocenters. The van der Waals surface area contributed by atoms with E-state index < -0.39 is 74.0 Å². The molecule has 146 valence electrons. The average molecular weight is 370 g/mol. The molecule has 0 aromatic rings. The van der Waals surface area contributed by atoms with Gasteiger partial charge in [-0.3, -0.25) is 0 Å². The maximum absolute atomic E-state index is 11.6. The van der Waals surface area contributed by atoms with Crippen LogP contribution in [0.4, 0.5) is 0 Å². The van der Waals surface area contributed by atoms with Gasteiger partial charge in [-0.2, -0.15) is 0 Å². The number of carbonyl (C=O) groups excluding carboxylic acids is 1. The Labute approximate surface area is 141 Å². The van der Waals surface area contributed by atoms with Crippen LogP contribution in [0.3, 0.4) is 0 Å². The van der Waals surface area contributed by atoms with Crippen molar-refractivity contribution < 1.29 is 59.5 Å². The van der Waals surface area contributed by atoms with E-state index in [1.165, 1.54) is 0 Å². The summed E-state index contributed by atoms with van der Waals surface area (Å²) < 4.78 is 19.5. The average Bonchev–Trinajstić information content (AvgIpc) is 2.60. The minimum absolute atomic E-state index is 0.711. The van der Waals surface area contributed by atoms with Crippen LogP contribution in [0.15, 0.2) is 0 Å². The second-order valence-corrected chi connectivity index (χ2v) is 5.75. The van der Waals surface area contributed by atoms with E-state index in [0.717, 1.165) is 7.11 Å². The fraction of sp³-hybridized carbons (Fsp3) is 0.923. The molecule has 12 nitrogen and oxygen atoms in total. The second-order valence-electron chi connectivity index (χ2n) is 5.75. The number of esters is 1. The van der Waals surface area contributed by atoms with Gasteiger partial charge in [-0.15, -0.1) is 0 Å². The molecule has 25 heavy (non-hydrogen) atoms. The van der Waals surface area contributed by atoms with Crippen LogP contribution in [-0.2, 0) is 23.7 Å². The minimum Gasteiger partial charge on any atom is -0.467 e. The summed E-state index contributed by atoms with van der Waals surface area (Å²) in [6.07, 6.45) is -17.0. The van der Waals surface area contributed by atoms with Crippen molar-refractivity contribution in [1.29, 1.82) is 0 Å². The van der Waals surface area contributed by atoms with Gasteiger partial charge in [-0.1, -0.05) is 0 Å². The highest BCUT2D eigenvalue weighted by atomic mass is 16.7. The molecule has 0 radical (unpaired) electrons. The van der Waals surface area contributed by atoms with Crippen molar-refractivity contribution in [2.24, 2.45) is 0 Å². The molecule has 0 bridgehead atoms. The monoisotopic (exact) mass is 370 g/mol. The molecule has 2 heterocycles. The summed E-state index contributed by atoms with van der Waals surface area (Å²) in [5.74, 6) is -1.04. The molecule has 2 aliphatic rings. The van der Waals surface area contributed by atoms with Gasteiger partial charge in [0.1, 0.15) is 42.7 Å². The van der Waals surface area contributed by atoms with Crippen LogP contribution in [0.25, 0.3) is 0 Å². The number of methoxy groups -OCH3 is 1. The van der Waals surface area contributed by atoms with E-state index in [0.29, 0.717) is 0 Å². The van der Waals surface area contributed by atoms with E-state index in [4.69, 9.17) is 19.3 Å². The summed E-state index contributed by atoms with van der Waals surface area (Å²) in [5.41, 5.74) is 0. The van der Waals surface area contributed by atoms with Crippen molar-refractivity contribution in [2.75, 3.05) is 13.7 Å². The fourth-order valence-corrected chi connectivity index (χ4v) is 2.65. The summed E-state index contributed by atoms with van der Waals surface area (Å²) in [7, 11) is 1.02. The zero-order chi connectivity index (χ0) is 18.9. The third-order valence-corrected chi connectivity index (χ3v) is 4.13. The molecule has 7 N–H and O–H groups in total. The van der Waals surface area contributed by atoms with Crippen molar-refractivity contribution in [3.63, 3.8) is 0 Å². The predicted molar refractivity (Wildman–Crippen MR) is 73.5 cm³/mol. The minimum atomic E-state index is -1.91. The van der Waals surface area contributed by atoms with Crippen LogP contribution in [0.5, 0.6) is 0 Å². The molecule has 0 spiro atoms. The SMILES string of the molecule is COC(=O)[C@H]1O[C@@H](O)[C@H](O)[C@@H](O[C@@H]2O[C@H](CO)[C@@H](O)[C@H](O)[C@H]2O)[C@@H]1O. The highest BCUT2D eigenvalue weighted by molar-refractivity contribution is 5.75. The highest BCUT2D eigenvalue weighted by Gasteiger charge is 2.52. The first-order chi connectivity index (χ1) is 11.7. The maximum Gasteiger partial charge on any atom is 0.337 e. The first-order valence-electron chi connectivity index (χ1n) is 7.46. The number of carbonyl (C=O) groups is 1. The Morgan fingerprint density at radius 1 is 0.920 bits per heavy atom. The summed E-state index contributed by atoms with van der Waals surface area (Å²) in [6.45, 7) is -0.711. The van der Waals surface area contributed by atoms with E-state index in [-0.39, 0.29) is 0 Å². The van der Waals surface area contributed by atoms with Crippen LogP contribution < -0.4 is 0 Å². The smallest absolute Gasteiger partial charge is 0.337 e. The van der Waals surface area contributed by atoms with Gasteiger partial charge < -0.3 is 54.7 Å². The molecule has 12 heteroatoms. The summed E-state index contributed by atoms with van der Waals surface area (Å²) in [6, 6.07) is 0. The van der Waals surface area contributed by atoms with Crippen molar-refractivity contribution in [3.05, 3.63) is 0 Å². The van der Waals surface area contributed by atoms with Crippen molar-refractivity contribution >= 4 is 5.97 Å². The molecule has 0 aromatic heterocycles. The number of aliphatic hydroxyl groups excluding tert-OH is 7. The van der Waals surface area contributed by atoms with Gasteiger partial charge >= 0.3 is 5.97 Å². The van der Waals surface area contributed by atoms with Gasteiger partial charge in [0.2, 0.25) is 0 Å². The van der Waals surface area contributed by atoms with Crippen LogP contribution in [0, 0.1) is 0 Å². The van der Waals surface area contributed by atoms with Crippen LogP contribution in [0.2, 0.25) is 0 Å². The molecule has 0 aliphatic carbocycles. The quantitative estimate of drug-likeness (QED) is 0.233. The lowest BCUT2D eigenvalue weighted by molar-refractivity contribution is -0.352. The maximum atomic E-state index is 11.6. The predicted octanol–water partition coefficient (Wildman–Crippen LogP) is -5.22. The Bertz CT molecular complexity index is 458. The number of hydrogen-bond acceptors (Lipinski definition) is 12. The molecule has 0 saturated carbocycles. The number of ether oxygens (including phenoxy) is 4. The summed E-state index contributed by atoms with van der Waals surface area (Å²) >= 11 is 0. The normalized spacial score (nSPS) is 48.2. The van der Waals surface area contributed by atoms with Crippen LogP contribution >= 0.6 is 0 Å². The molecule has 0 amide bonds. The topological polar surface area (TPSA) is 196 Å². The fourth-order valence-electron chi connectivity index (χ4n) is 2.65. The van der Waals surface area contributed by atoms with E-state index in [9.17, 15) is 35.4 Å². The van der Waals surface area contributed by atoms with E-state index >= 15 is 0 Å². The first kappa shape index (κ1) is 20.4. The van der Waals surface area contributed by atoms with Crippen molar-refractivity contribution in [2.45, 2.75) is 61.4 Å². The molecule has 0 aromatic carbocycles. The lowest BCUT2D eigenvalue weighted by Gasteiger charge is -2.44. The third-order valence-electron chi connectivity index (χ3n) is 4.13. The first-order valence-corrected chi connectivity index (χ1v) is 7.46. The summed E-state index contributed by atoms with van der Waals surface area (Å²) in [5, 5.41) is 68.2. The van der Waals surface area contributed by atoms with E-state index in [1.807, 2.05) is 0 Å². The Kier molecular flexibility index (Phi) is 6.67. The highest BCUT2D eigenvalue weighted by Crippen LogP contribution is 2.28. The van der Waals surface area contributed by atoms with Crippen molar-refractivity contribution in [3.8, 4) is 0 Å². The molecular formula is C13H22O12. The lowest BCUT2D eigenvalue weighted by atomic mass is 9.97. The zero-order valence-electron chi connectivity index (χ0n) is 13.2. The van der Waals surface area contributed by atoms with Gasteiger partial charge in [-0.25, -0.2) is 4.79 Å². The number of aliphatic hydroxyl groups is 7. The Balaban J connectivity index is 2.16. The molecule has 10 atom stereocenters. The van der Waals surface area contributed by atoms with E-state index in [2.05, 4.69) is 4.74 Å². The molecule has 2 fully saturated rings. The third kappa shape index (κ3) is 3.93. The number of rotatable bonds is 4. The van der Waals surface area contributed by atoms with Crippen molar-refractivity contribution in [1.82, 2.24) is 0 Å². The molecule has 2 aliphatic heterocycles. The van der Waals surface area contributed by atoms with Gasteiger partial charge in [0.05, 0.1) is 13.7 Å². The van der Waals surface area contributed by atoms with Gasteiger partial charge in [0, 0.05) is 0 Å². The molecular weight excluding hydrogens is 348 g/mol. The van der Waals surface area contributed by atoms with Gasteiger partial charge in [-0.05, 0) is 0 Å². The molecule has 2 saturated heterocycles. The lowest BCUT2D eigenvalue weighted by Crippen LogP contribution is -2.65. The van der Waals surface area contributed by atoms with Gasteiger partial charge in [0.15, 0.2) is 18.7 Å². The van der Waals surface area contributed by atoms with Gasteiger partial charge in [0.25, 0.3) is 0 Å². The Morgan fingerprint density at radius 2 is 1.56 bits per heavy atom. The zero-order valence-corrected chi connectivity index (χ0v) is 13.2. The Hall–Kier alpha value is -0.930. The summed E-state index contributed by atoms with van der Waals surface area (Å²) in [4.78, 5) is 11.6. The molecule has 2 rings (SSSR count). The van der Waals surface area contributed by atoms with Crippen LogP contribution in [-0.4, -0.2) is 117 Å². The number of hydrogen-bond donors (Lipinski definition) is 7. The Morgan fingerprint density at radius 3 is 2.12 bits per heavy atom. The largest absolute Gasteiger partial charge is 0.467 e. The van der Waals surface area contributed by atoms with E-state index in [1.54, 1.807) is 0 Å².